The smallest absolute Gasteiger partial charge is 0.362 e. The normalized spacial score (nSPS) is 10.4. The van der Waals surface area contributed by atoms with Gasteiger partial charge in [0.1, 0.15) is 5.75 Å². The summed E-state index contributed by atoms with van der Waals surface area (Å²) in [7, 11) is 1.50. The SMILES string of the molecule is CCOC(=O)c1nn(-c2ccc([N+](=O)[O-])cc2)cc1OCC(=O)Nc1cc(C)ccc1OC. The van der Waals surface area contributed by atoms with Crippen LogP contribution < -0.4 is 14.8 Å². The fourth-order valence-electron chi connectivity index (χ4n) is 2.91. The molecule has 0 fully saturated rings. The Hall–Kier alpha value is -4.41. The summed E-state index contributed by atoms with van der Waals surface area (Å²) in [6.45, 7) is 3.24. The Labute approximate surface area is 189 Å². The van der Waals surface area contributed by atoms with Crippen LogP contribution in [0.15, 0.2) is 48.7 Å². The van der Waals surface area contributed by atoms with Crippen molar-refractivity contribution in [2.45, 2.75) is 13.8 Å². The number of hydrogen-bond acceptors (Lipinski definition) is 8. The topological polar surface area (TPSA) is 135 Å². The number of benzene rings is 2. The van der Waals surface area contributed by atoms with E-state index in [4.69, 9.17) is 14.2 Å². The van der Waals surface area contributed by atoms with Crippen LogP contribution in [0.4, 0.5) is 11.4 Å². The number of carbonyl (C=O) groups excluding carboxylic acids is 2. The van der Waals surface area contributed by atoms with Crippen molar-refractivity contribution in [2.24, 2.45) is 0 Å². The zero-order chi connectivity index (χ0) is 24.0. The zero-order valence-electron chi connectivity index (χ0n) is 18.2. The van der Waals surface area contributed by atoms with Gasteiger partial charge in [-0.3, -0.25) is 14.9 Å². The largest absolute Gasteiger partial charge is 0.495 e. The van der Waals surface area contributed by atoms with Crippen molar-refractivity contribution >= 4 is 23.3 Å². The van der Waals surface area contributed by atoms with Gasteiger partial charge in [-0.1, -0.05) is 6.07 Å². The number of aromatic nitrogens is 2. The molecule has 0 radical (unpaired) electrons. The number of esters is 1. The third-order valence-corrected chi connectivity index (χ3v) is 4.46. The summed E-state index contributed by atoms with van der Waals surface area (Å²) in [5, 5.41) is 17.7. The van der Waals surface area contributed by atoms with Crippen LogP contribution >= 0.6 is 0 Å². The Kier molecular flexibility index (Phi) is 7.24. The van der Waals surface area contributed by atoms with E-state index in [-0.39, 0.29) is 23.7 Å². The number of nitrogens with one attached hydrogen (secondary N) is 1. The van der Waals surface area contributed by atoms with E-state index in [1.54, 1.807) is 19.1 Å². The number of nitrogens with zero attached hydrogens (tertiary/aromatic N) is 3. The number of carbonyl (C=O) groups is 2. The van der Waals surface area contributed by atoms with Gasteiger partial charge in [0.2, 0.25) is 5.69 Å². The lowest BCUT2D eigenvalue weighted by molar-refractivity contribution is -0.384. The van der Waals surface area contributed by atoms with Crippen LogP contribution in [0, 0.1) is 17.0 Å². The number of nitro groups is 1. The molecule has 0 bridgehead atoms. The van der Waals surface area contributed by atoms with E-state index < -0.39 is 23.4 Å². The standard InChI is InChI=1S/C22H22N4O7/c1-4-32-22(28)21-19(12-25(24-21)15-6-8-16(9-7-15)26(29)30)33-13-20(27)23-17-11-14(2)5-10-18(17)31-3/h5-12H,4,13H2,1-3H3,(H,23,27). The second kappa shape index (κ2) is 10.3. The number of hydrogen-bond donors (Lipinski definition) is 1. The van der Waals surface area contributed by atoms with Crippen molar-refractivity contribution in [3.05, 3.63) is 70.0 Å². The summed E-state index contributed by atoms with van der Waals surface area (Å²) < 4.78 is 17.1. The van der Waals surface area contributed by atoms with Gasteiger partial charge in [0.05, 0.1) is 36.2 Å². The molecule has 3 aromatic rings. The molecule has 11 nitrogen and oxygen atoms in total. The van der Waals surface area contributed by atoms with Crippen molar-refractivity contribution in [3.63, 3.8) is 0 Å². The molecule has 33 heavy (non-hydrogen) atoms. The third-order valence-electron chi connectivity index (χ3n) is 4.46. The van der Waals surface area contributed by atoms with Gasteiger partial charge in [-0.15, -0.1) is 0 Å². The summed E-state index contributed by atoms with van der Waals surface area (Å²) >= 11 is 0. The molecule has 0 aliphatic rings. The minimum absolute atomic E-state index is 0.0261. The average Bonchev–Trinajstić information content (AvgIpc) is 3.22. The van der Waals surface area contributed by atoms with E-state index in [1.807, 2.05) is 13.0 Å². The molecule has 3 rings (SSSR count). The molecular weight excluding hydrogens is 432 g/mol. The van der Waals surface area contributed by atoms with Crippen LogP contribution in [-0.2, 0) is 9.53 Å². The fourth-order valence-corrected chi connectivity index (χ4v) is 2.91. The van der Waals surface area contributed by atoms with Gasteiger partial charge < -0.3 is 19.5 Å². The van der Waals surface area contributed by atoms with Crippen molar-refractivity contribution < 1.29 is 28.7 Å². The van der Waals surface area contributed by atoms with Gasteiger partial charge in [-0.05, 0) is 43.7 Å². The predicted octanol–water partition coefficient (Wildman–Crippen LogP) is 3.29. The molecule has 2 aromatic carbocycles. The van der Waals surface area contributed by atoms with Gasteiger partial charge in [-0.2, -0.15) is 5.10 Å². The number of anilines is 1. The number of nitro benzene ring substituents is 1. The highest BCUT2D eigenvalue weighted by atomic mass is 16.6. The van der Waals surface area contributed by atoms with E-state index in [2.05, 4.69) is 10.4 Å². The first-order valence-electron chi connectivity index (χ1n) is 9.91. The maximum absolute atomic E-state index is 12.5. The fraction of sp³-hybridized carbons (Fsp3) is 0.227. The predicted molar refractivity (Wildman–Crippen MR) is 118 cm³/mol. The average molecular weight is 454 g/mol. The molecule has 0 saturated carbocycles. The molecule has 0 spiro atoms. The number of aryl methyl sites for hydroxylation is 1. The van der Waals surface area contributed by atoms with Gasteiger partial charge in [0, 0.05) is 12.1 Å². The third kappa shape index (κ3) is 5.64. The van der Waals surface area contributed by atoms with E-state index in [1.165, 1.54) is 42.3 Å². The highest BCUT2D eigenvalue weighted by Gasteiger charge is 2.21. The number of methoxy groups -OCH3 is 1. The molecule has 1 amide bonds. The molecule has 0 atom stereocenters. The number of rotatable bonds is 9. The zero-order valence-corrected chi connectivity index (χ0v) is 18.2. The molecule has 172 valence electrons. The Bertz CT molecular complexity index is 1170. The molecule has 1 heterocycles. The lowest BCUT2D eigenvalue weighted by atomic mass is 10.2. The quantitative estimate of drug-likeness (QED) is 0.296. The van der Waals surface area contributed by atoms with Gasteiger partial charge in [-0.25, -0.2) is 9.48 Å². The molecule has 0 unspecified atom stereocenters. The minimum atomic E-state index is -0.728. The second-order valence-corrected chi connectivity index (χ2v) is 6.82. The number of amides is 1. The lowest BCUT2D eigenvalue weighted by Gasteiger charge is -2.11. The van der Waals surface area contributed by atoms with Crippen LogP contribution in [0.3, 0.4) is 0 Å². The molecular formula is C22H22N4O7. The highest BCUT2D eigenvalue weighted by Crippen LogP contribution is 2.26. The highest BCUT2D eigenvalue weighted by molar-refractivity contribution is 5.94. The maximum atomic E-state index is 12.5. The molecule has 0 saturated heterocycles. The van der Waals surface area contributed by atoms with Crippen molar-refractivity contribution in [3.8, 4) is 17.2 Å². The van der Waals surface area contributed by atoms with Crippen molar-refractivity contribution in [1.29, 1.82) is 0 Å². The Morgan fingerprint density at radius 3 is 2.52 bits per heavy atom. The van der Waals surface area contributed by atoms with Crippen LogP contribution in [0.5, 0.6) is 11.5 Å². The first-order valence-corrected chi connectivity index (χ1v) is 9.91. The van der Waals surface area contributed by atoms with E-state index >= 15 is 0 Å². The number of non-ortho nitro benzene ring substituents is 1. The van der Waals surface area contributed by atoms with Crippen LogP contribution in [-0.4, -0.2) is 46.9 Å². The van der Waals surface area contributed by atoms with Crippen molar-refractivity contribution in [2.75, 3.05) is 25.6 Å². The van der Waals surface area contributed by atoms with Crippen molar-refractivity contribution in [1.82, 2.24) is 9.78 Å². The van der Waals surface area contributed by atoms with Gasteiger partial charge in [0.15, 0.2) is 12.4 Å². The van der Waals surface area contributed by atoms with Crippen LogP contribution in [0.25, 0.3) is 5.69 Å². The van der Waals surface area contributed by atoms with E-state index in [0.717, 1.165) is 5.56 Å². The first kappa shape index (κ1) is 23.3. The maximum Gasteiger partial charge on any atom is 0.362 e. The Morgan fingerprint density at radius 2 is 1.88 bits per heavy atom. The summed E-state index contributed by atoms with van der Waals surface area (Å²) in [6, 6.07) is 10.9. The second-order valence-electron chi connectivity index (χ2n) is 6.82. The summed E-state index contributed by atoms with van der Waals surface area (Å²) in [5.74, 6) is -0.684. The van der Waals surface area contributed by atoms with Gasteiger partial charge in [0.25, 0.3) is 11.6 Å². The van der Waals surface area contributed by atoms with Crippen LogP contribution in [0.1, 0.15) is 23.0 Å². The summed E-state index contributed by atoms with van der Waals surface area (Å²) in [6.07, 6.45) is 1.40. The molecule has 0 aliphatic carbocycles. The Balaban J connectivity index is 1.79. The van der Waals surface area contributed by atoms with E-state index in [9.17, 15) is 19.7 Å². The summed E-state index contributed by atoms with van der Waals surface area (Å²) in [4.78, 5) is 35.1. The first-order chi connectivity index (χ1) is 15.8. The van der Waals surface area contributed by atoms with Crippen LogP contribution in [0.2, 0.25) is 0 Å². The lowest BCUT2D eigenvalue weighted by Crippen LogP contribution is -2.21. The molecule has 1 aromatic heterocycles. The molecule has 11 heteroatoms. The summed E-state index contributed by atoms with van der Waals surface area (Å²) in [5.41, 5.74) is 1.65. The van der Waals surface area contributed by atoms with E-state index in [0.29, 0.717) is 17.1 Å². The Morgan fingerprint density at radius 1 is 1.15 bits per heavy atom. The molecule has 1 N–H and O–H groups in total. The monoisotopic (exact) mass is 454 g/mol. The van der Waals surface area contributed by atoms with Gasteiger partial charge >= 0.3 is 5.97 Å². The number of ether oxygens (including phenoxy) is 3. The minimum Gasteiger partial charge on any atom is -0.495 e. The molecule has 0 aliphatic heterocycles.